The van der Waals surface area contributed by atoms with Crippen LogP contribution >= 0.6 is 11.3 Å². The number of aliphatic hydroxyl groups is 1. The molecule has 4 fully saturated rings. The van der Waals surface area contributed by atoms with Crippen LogP contribution in [0.1, 0.15) is 66.5 Å². The van der Waals surface area contributed by atoms with Crippen molar-refractivity contribution in [1.29, 1.82) is 0 Å². The lowest BCUT2D eigenvalue weighted by atomic mass is 9.82. The van der Waals surface area contributed by atoms with E-state index >= 15 is 0 Å². The summed E-state index contributed by atoms with van der Waals surface area (Å²) < 4.78 is 13.5. The second-order valence-electron chi connectivity index (χ2n) is 11.6. The molecule has 0 radical (unpaired) electrons. The maximum Gasteiger partial charge on any atom is 0.344 e. The molecule has 5 nitrogen and oxygen atoms in total. The van der Waals surface area contributed by atoms with Gasteiger partial charge in [-0.2, -0.15) is 0 Å². The fraction of sp³-hybridized carbons (Fsp3) is 0.633. The van der Waals surface area contributed by atoms with Crippen molar-refractivity contribution in [1.82, 2.24) is 0 Å². The van der Waals surface area contributed by atoms with Crippen LogP contribution in [0.5, 0.6) is 5.75 Å². The Kier molecular flexibility index (Phi) is 7.49. The average Bonchev–Trinajstić information content (AvgIpc) is 3.58. The van der Waals surface area contributed by atoms with E-state index in [1.807, 2.05) is 17.5 Å². The van der Waals surface area contributed by atoms with Crippen molar-refractivity contribution in [3.05, 3.63) is 51.2 Å². The number of benzene rings is 1. The highest BCUT2D eigenvalue weighted by Crippen LogP contribution is 2.44. The Balaban J connectivity index is 1.21. The van der Waals surface area contributed by atoms with Gasteiger partial charge in [0.05, 0.1) is 26.2 Å². The van der Waals surface area contributed by atoms with Crippen LogP contribution in [0.4, 0.5) is 0 Å². The Bertz CT molecular complexity index is 1030. The number of hydrogen-bond acceptors (Lipinski definition) is 5. The van der Waals surface area contributed by atoms with Crippen LogP contribution in [0.25, 0.3) is 0 Å². The molecule has 0 spiro atoms. The molecule has 2 aromatic rings. The summed E-state index contributed by atoms with van der Waals surface area (Å²) in [6.45, 7) is 11.3. The minimum atomic E-state index is -1.50. The van der Waals surface area contributed by atoms with E-state index in [1.165, 1.54) is 28.0 Å². The molecule has 6 heteroatoms. The zero-order valence-corrected chi connectivity index (χ0v) is 22.9. The monoisotopic (exact) mass is 512 g/mol. The Morgan fingerprint density at radius 1 is 1.11 bits per heavy atom. The number of carbonyl (C=O) groups excluding carboxylic acids is 1. The third kappa shape index (κ3) is 4.97. The number of ether oxygens (including phenoxy) is 2. The van der Waals surface area contributed by atoms with Gasteiger partial charge in [0.25, 0.3) is 0 Å². The number of piperidine rings is 3. The lowest BCUT2D eigenvalue weighted by Gasteiger charge is -2.52. The van der Waals surface area contributed by atoms with Crippen molar-refractivity contribution >= 4 is 17.3 Å². The minimum Gasteiger partial charge on any atom is -0.493 e. The van der Waals surface area contributed by atoms with Crippen molar-refractivity contribution in [2.75, 3.05) is 32.8 Å². The van der Waals surface area contributed by atoms with Crippen molar-refractivity contribution in [3.8, 4) is 5.75 Å². The van der Waals surface area contributed by atoms with E-state index in [2.05, 4.69) is 32.9 Å². The highest BCUT2D eigenvalue weighted by Gasteiger charge is 2.53. The summed E-state index contributed by atoms with van der Waals surface area (Å²) in [5.41, 5.74) is 2.17. The first-order chi connectivity index (χ1) is 17.3. The SMILES string of the molecule is Cc1cc(C)c(OCCC[N+]23CCC(CC2)[C@@H](OC(=O)[C@](O)(c2cccs2)C2CCCC2)C3)c(C)c1. The summed E-state index contributed by atoms with van der Waals surface area (Å²) in [4.78, 5) is 14.4. The topological polar surface area (TPSA) is 55.8 Å². The molecule has 36 heavy (non-hydrogen) atoms. The zero-order chi connectivity index (χ0) is 25.3. The smallest absolute Gasteiger partial charge is 0.344 e. The normalized spacial score (nSPS) is 27.7. The van der Waals surface area contributed by atoms with Gasteiger partial charge in [0.1, 0.15) is 12.3 Å². The molecule has 4 heterocycles. The second-order valence-corrected chi connectivity index (χ2v) is 12.6. The summed E-state index contributed by atoms with van der Waals surface area (Å²) in [7, 11) is 0. The van der Waals surface area contributed by atoms with Crippen LogP contribution in [-0.2, 0) is 15.1 Å². The number of esters is 1. The number of thiophene rings is 1. The highest BCUT2D eigenvalue weighted by molar-refractivity contribution is 7.10. The molecule has 6 rings (SSSR count). The van der Waals surface area contributed by atoms with Gasteiger partial charge >= 0.3 is 5.97 Å². The van der Waals surface area contributed by atoms with Gasteiger partial charge in [0.15, 0.2) is 11.7 Å². The number of carbonyl (C=O) groups is 1. The van der Waals surface area contributed by atoms with Gasteiger partial charge in [-0.1, -0.05) is 36.6 Å². The predicted molar refractivity (Wildman–Crippen MR) is 143 cm³/mol. The molecule has 0 unspecified atom stereocenters. The van der Waals surface area contributed by atoms with Gasteiger partial charge in [-0.05, 0) is 56.2 Å². The summed E-state index contributed by atoms with van der Waals surface area (Å²) in [5, 5.41) is 13.7. The van der Waals surface area contributed by atoms with E-state index in [9.17, 15) is 9.90 Å². The predicted octanol–water partition coefficient (Wildman–Crippen LogP) is 5.67. The van der Waals surface area contributed by atoms with Crippen molar-refractivity contribution in [2.45, 2.75) is 77.4 Å². The van der Waals surface area contributed by atoms with Crippen LogP contribution in [-0.4, -0.2) is 54.4 Å². The molecular weight excluding hydrogens is 470 g/mol. The minimum absolute atomic E-state index is 0.0429. The van der Waals surface area contributed by atoms with Crippen LogP contribution in [0, 0.1) is 32.6 Å². The molecule has 1 aliphatic carbocycles. The van der Waals surface area contributed by atoms with Gasteiger partial charge in [-0.15, -0.1) is 11.3 Å². The largest absolute Gasteiger partial charge is 0.493 e. The Hall–Kier alpha value is -1.89. The van der Waals surface area contributed by atoms with E-state index < -0.39 is 11.6 Å². The van der Waals surface area contributed by atoms with E-state index in [1.54, 1.807) is 0 Å². The summed E-state index contributed by atoms with van der Waals surface area (Å²) >= 11 is 1.47. The standard InChI is InChI=1S/C30H42NO4S/c1-21-18-22(2)28(23(3)19-21)34-16-7-13-31-14-11-24(12-15-31)26(20-31)35-29(32)30(33,25-8-4-5-9-25)27-10-6-17-36-27/h6,10,17-19,24-26,33H,4-5,7-9,11-16,20H2,1-3H3/q+1/t24?,26-,30+,31?/m0/s1. The third-order valence-electron chi connectivity index (χ3n) is 9.08. The summed E-state index contributed by atoms with van der Waals surface area (Å²) in [6, 6.07) is 8.18. The first kappa shape index (κ1) is 25.7. The van der Waals surface area contributed by atoms with Gasteiger partial charge in [-0.3, -0.25) is 0 Å². The Morgan fingerprint density at radius 2 is 1.81 bits per heavy atom. The number of quaternary nitrogens is 1. The van der Waals surface area contributed by atoms with Crippen LogP contribution in [0.15, 0.2) is 29.6 Å². The molecule has 3 aliphatic heterocycles. The highest BCUT2D eigenvalue weighted by atomic mass is 32.1. The third-order valence-corrected chi connectivity index (χ3v) is 10.1. The van der Waals surface area contributed by atoms with Crippen molar-refractivity contribution in [2.24, 2.45) is 11.8 Å². The fourth-order valence-electron chi connectivity index (χ4n) is 7.17. The lowest BCUT2D eigenvalue weighted by molar-refractivity contribution is -0.946. The lowest BCUT2D eigenvalue weighted by Crippen LogP contribution is -2.65. The maximum atomic E-state index is 13.6. The van der Waals surface area contributed by atoms with Gasteiger partial charge in [-0.25, -0.2) is 4.79 Å². The second kappa shape index (κ2) is 10.5. The zero-order valence-electron chi connectivity index (χ0n) is 22.1. The number of aryl methyl sites for hydroxylation is 3. The molecule has 1 N–H and O–H groups in total. The Labute approximate surface area is 220 Å². The number of rotatable bonds is 9. The quantitative estimate of drug-likeness (QED) is 0.267. The molecule has 4 aliphatic rings. The summed E-state index contributed by atoms with van der Waals surface area (Å²) in [6.07, 6.45) is 6.98. The van der Waals surface area contributed by atoms with Gasteiger partial charge in [0, 0.05) is 36.0 Å². The van der Waals surface area contributed by atoms with Crippen molar-refractivity contribution in [3.63, 3.8) is 0 Å². The maximum absolute atomic E-state index is 13.6. The summed E-state index contributed by atoms with van der Waals surface area (Å²) in [5.74, 6) is 0.977. The van der Waals surface area contributed by atoms with Gasteiger partial charge < -0.3 is 19.1 Å². The van der Waals surface area contributed by atoms with Gasteiger partial charge in [0.2, 0.25) is 0 Å². The molecule has 196 valence electrons. The van der Waals surface area contributed by atoms with E-state index in [0.29, 0.717) is 12.5 Å². The molecule has 1 aromatic carbocycles. The first-order valence-corrected chi connectivity index (χ1v) is 14.7. The molecular formula is C30H42NO4S+. The van der Waals surface area contributed by atoms with Crippen LogP contribution in [0.3, 0.4) is 0 Å². The number of fused-ring (bicyclic) bond motifs is 3. The van der Waals surface area contributed by atoms with E-state index in [4.69, 9.17) is 9.47 Å². The molecule has 0 amide bonds. The molecule has 3 saturated heterocycles. The molecule has 1 aromatic heterocycles. The van der Waals surface area contributed by atoms with Crippen molar-refractivity contribution < 1.29 is 23.9 Å². The fourth-order valence-corrected chi connectivity index (χ4v) is 8.06. The molecule has 1 saturated carbocycles. The van der Waals surface area contributed by atoms with Crippen LogP contribution in [0.2, 0.25) is 0 Å². The molecule has 2 bridgehead atoms. The van der Waals surface area contributed by atoms with E-state index in [-0.39, 0.29) is 12.0 Å². The average molecular weight is 513 g/mol. The first-order valence-electron chi connectivity index (χ1n) is 13.8. The number of hydrogen-bond donors (Lipinski definition) is 1. The van der Waals surface area contributed by atoms with Crippen LogP contribution < -0.4 is 4.74 Å². The Morgan fingerprint density at radius 3 is 2.44 bits per heavy atom. The molecule has 2 atom stereocenters. The van der Waals surface area contributed by atoms with E-state index in [0.717, 1.165) is 86.2 Å². The number of nitrogens with zero attached hydrogens (tertiary/aromatic N) is 1.